The summed E-state index contributed by atoms with van der Waals surface area (Å²) >= 11 is 0. The zero-order chi connectivity index (χ0) is 15.9. The number of hydrogen-bond acceptors (Lipinski definition) is 2. The number of aryl methyl sites for hydroxylation is 2. The summed E-state index contributed by atoms with van der Waals surface area (Å²) in [6, 6.07) is 17.2. The molecule has 0 saturated heterocycles. The first-order chi connectivity index (χ1) is 11.4. The van der Waals surface area contributed by atoms with Crippen molar-refractivity contribution in [2.45, 2.75) is 51.0 Å². The predicted octanol–water partition coefficient (Wildman–Crippen LogP) is 4.29. The highest BCUT2D eigenvalue weighted by molar-refractivity contribution is 5.43. The maximum Gasteiger partial charge on any atom is 0.123 e. The van der Waals surface area contributed by atoms with E-state index in [1.54, 1.807) is 0 Å². The number of nitrogens with two attached hydrogens (primary N) is 1. The van der Waals surface area contributed by atoms with Gasteiger partial charge in [-0.25, -0.2) is 0 Å². The van der Waals surface area contributed by atoms with Crippen molar-refractivity contribution in [3.8, 4) is 5.75 Å². The molecule has 2 heteroatoms. The van der Waals surface area contributed by atoms with Crippen LogP contribution in [0.25, 0.3) is 0 Å². The monoisotopic (exact) mass is 309 g/mol. The van der Waals surface area contributed by atoms with Gasteiger partial charge in [-0.3, -0.25) is 0 Å². The Morgan fingerprint density at radius 1 is 0.913 bits per heavy atom. The molecule has 0 fully saturated rings. The van der Waals surface area contributed by atoms with Gasteiger partial charge in [-0.05, 0) is 62.3 Å². The SMILES string of the molecule is NCCCc1cccc2c1CC(CCCCc1ccccc1)O2. The van der Waals surface area contributed by atoms with E-state index >= 15 is 0 Å². The molecule has 23 heavy (non-hydrogen) atoms. The molecule has 0 aromatic heterocycles. The fourth-order valence-electron chi connectivity index (χ4n) is 3.44. The van der Waals surface area contributed by atoms with Crippen molar-refractivity contribution in [1.29, 1.82) is 0 Å². The molecular formula is C21H27NO. The molecule has 2 aromatic carbocycles. The van der Waals surface area contributed by atoms with E-state index in [0.29, 0.717) is 6.10 Å². The first-order valence-corrected chi connectivity index (χ1v) is 8.88. The average Bonchev–Trinajstić information content (AvgIpc) is 3.01. The van der Waals surface area contributed by atoms with E-state index in [4.69, 9.17) is 10.5 Å². The van der Waals surface area contributed by atoms with Crippen LogP contribution in [0.1, 0.15) is 42.4 Å². The summed E-state index contributed by atoms with van der Waals surface area (Å²) in [6.45, 7) is 0.757. The standard InChI is InChI=1S/C21H27NO/c22-15-7-12-18-11-6-14-21-20(18)16-19(23-21)13-5-4-10-17-8-2-1-3-9-17/h1-3,6,8-9,11,14,19H,4-5,7,10,12-13,15-16,22H2. The minimum Gasteiger partial charge on any atom is -0.490 e. The molecule has 1 heterocycles. The van der Waals surface area contributed by atoms with E-state index in [-0.39, 0.29) is 0 Å². The normalized spacial score (nSPS) is 16.1. The van der Waals surface area contributed by atoms with E-state index in [0.717, 1.165) is 38.0 Å². The third kappa shape index (κ3) is 4.35. The molecule has 0 amide bonds. The summed E-state index contributed by atoms with van der Waals surface area (Å²) in [7, 11) is 0. The highest BCUT2D eigenvalue weighted by Gasteiger charge is 2.24. The highest BCUT2D eigenvalue weighted by Crippen LogP contribution is 2.33. The molecule has 0 radical (unpaired) electrons. The molecule has 2 N–H and O–H groups in total. The number of fused-ring (bicyclic) bond motifs is 1. The molecule has 1 atom stereocenters. The maximum absolute atomic E-state index is 6.15. The molecule has 3 rings (SSSR count). The fourth-order valence-corrected chi connectivity index (χ4v) is 3.44. The summed E-state index contributed by atoms with van der Waals surface area (Å²) < 4.78 is 6.15. The van der Waals surface area contributed by atoms with Gasteiger partial charge < -0.3 is 10.5 Å². The second-order valence-corrected chi connectivity index (χ2v) is 6.46. The van der Waals surface area contributed by atoms with E-state index < -0.39 is 0 Å². The minimum atomic E-state index is 0.361. The van der Waals surface area contributed by atoms with Crippen LogP contribution in [-0.4, -0.2) is 12.6 Å². The summed E-state index contributed by atoms with van der Waals surface area (Å²) in [6.07, 6.45) is 8.34. The first-order valence-electron chi connectivity index (χ1n) is 8.88. The summed E-state index contributed by atoms with van der Waals surface area (Å²) in [5.41, 5.74) is 9.94. The second kappa shape index (κ2) is 8.16. The smallest absolute Gasteiger partial charge is 0.123 e. The van der Waals surface area contributed by atoms with Crippen LogP contribution >= 0.6 is 0 Å². The van der Waals surface area contributed by atoms with Crippen LogP contribution < -0.4 is 10.5 Å². The molecule has 122 valence electrons. The van der Waals surface area contributed by atoms with E-state index in [1.165, 1.54) is 36.0 Å². The van der Waals surface area contributed by atoms with Crippen molar-refractivity contribution in [2.75, 3.05) is 6.54 Å². The lowest BCUT2D eigenvalue weighted by Crippen LogP contribution is -2.12. The molecule has 1 aliphatic rings. The Balaban J connectivity index is 1.46. The summed E-state index contributed by atoms with van der Waals surface area (Å²) in [5, 5.41) is 0. The van der Waals surface area contributed by atoms with Gasteiger partial charge >= 0.3 is 0 Å². The van der Waals surface area contributed by atoms with Crippen LogP contribution in [0.4, 0.5) is 0 Å². The molecular weight excluding hydrogens is 282 g/mol. The number of rotatable bonds is 8. The van der Waals surface area contributed by atoms with Gasteiger partial charge in [0.2, 0.25) is 0 Å². The lowest BCUT2D eigenvalue weighted by atomic mass is 9.97. The molecule has 1 aliphatic heterocycles. The third-order valence-corrected chi connectivity index (χ3v) is 4.69. The molecule has 2 aromatic rings. The van der Waals surface area contributed by atoms with Gasteiger partial charge in [0, 0.05) is 12.0 Å². The zero-order valence-corrected chi connectivity index (χ0v) is 13.8. The van der Waals surface area contributed by atoms with Gasteiger partial charge in [-0.15, -0.1) is 0 Å². The van der Waals surface area contributed by atoms with Gasteiger partial charge in [0.25, 0.3) is 0 Å². The quantitative estimate of drug-likeness (QED) is 0.738. The highest BCUT2D eigenvalue weighted by atomic mass is 16.5. The van der Waals surface area contributed by atoms with Gasteiger partial charge in [-0.1, -0.05) is 42.5 Å². The number of ether oxygens (including phenoxy) is 1. The summed E-state index contributed by atoms with van der Waals surface area (Å²) in [5.74, 6) is 1.10. The van der Waals surface area contributed by atoms with Gasteiger partial charge in [-0.2, -0.15) is 0 Å². The second-order valence-electron chi connectivity index (χ2n) is 6.46. The number of unbranched alkanes of at least 4 members (excludes halogenated alkanes) is 1. The maximum atomic E-state index is 6.15. The zero-order valence-electron chi connectivity index (χ0n) is 13.8. The van der Waals surface area contributed by atoms with Crippen LogP contribution in [0.2, 0.25) is 0 Å². The first kappa shape index (κ1) is 16.1. The lowest BCUT2D eigenvalue weighted by Gasteiger charge is -2.10. The Hall–Kier alpha value is -1.80. The Kier molecular flexibility index (Phi) is 5.71. The molecule has 1 unspecified atom stereocenters. The fraction of sp³-hybridized carbons (Fsp3) is 0.429. The summed E-state index contributed by atoms with van der Waals surface area (Å²) in [4.78, 5) is 0. The molecule has 0 saturated carbocycles. The molecule has 2 nitrogen and oxygen atoms in total. The van der Waals surface area contributed by atoms with E-state index in [9.17, 15) is 0 Å². The Bertz CT molecular complexity index is 608. The van der Waals surface area contributed by atoms with Crippen molar-refractivity contribution in [3.63, 3.8) is 0 Å². The number of hydrogen-bond donors (Lipinski definition) is 1. The van der Waals surface area contributed by atoms with Crippen molar-refractivity contribution < 1.29 is 4.74 Å². The Morgan fingerprint density at radius 3 is 2.61 bits per heavy atom. The van der Waals surface area contributed by atoms with Crippen LogP contribution in [-0.2, 0) is 19.3 Å². The molecule has 0 spiro atoms. The van der Waals surface area contributed by atoms with Gasteiger partial charge in [0.1, 0.15) is 11.9 Å². The van der Waals surface area contributed by atoms with Crippen LogP contribution in [0.15, 0.2) is 48.5 Å². The number of benzene rings is 2. The Labute approximate surface area is 139 Å². The van der Waals surface area contributed by atoms with Gasteiger partial charge in [0.15, 0.2) is 0 Å². The molecule has 0 bridgehead atoms. The van der Waals surface area contributed by atoms with Crippen LogP contribution in [0, 0.1) is 0 Å². The third-order valence-electron chi connectivity index (χ3n) is 4.69. The Morgan fingerprint density at radius 2 is 1.78 bits per heavy atom. The average molecular weight is 309 g/mol. The lowest BCUT2D eigenvalue weighted by molar-refractivity contribution is 0.217. The van der Waals surface area contributed by atoms with Crippen LogP contribution in [0.3, 0.4) is 0 Å². The topological polar surface area (TPSA) is 35.2 Å². The minimum absolute atomic E-state index is 0.361. The van der Waals surface area contributed by atoms with Crippen molar-refractivity contribution in [3.05, 3.63) is 65.2 Å². The van der Waals surface area contributed by atoms with Crippen LogP contribution in [0.5, 0.6) is 5.75 Å². The van der Waals surface area contributed by atoms with Crippen molar-refractivity contribution in [1.82, 2.24) is 0 Å². The van der Waals surface area contributed by atoms with E-state index in [1.807, 2.05) is 0 Å². The molecule has 0 aliphatic carbocycles. The predicted molar refractivity (Wildman–Crippen MR) is 95.9 cm³/mol. The largest absolute Gasteiger partial charge is 0.490 e. The van der Waals surface area contributed by atoms with E-state index in [2.05, 4.69) is 48.5 Å². The van der Waals surface area contributed by atoms with Crippen molar-refractivity contribution in [2.24, 2.45) is 5.73 Å². The van der Waals surface area contributed by atoms with Gasteiger partial charge in [0.05, 0.1) is 0 Å². The van der Waals surface area contributed by atoms with Crippen molar-refractivity contribution >= 4 is 0 Å².